The van der Waals surface area contributed by atoms with E-state index in [4.69, 9.17) is 9.05 Å². The Labute approximate surface area is 412 Å². The number of likely N-dealkylation sites (N-methyl/N-ethyl adjacent to an activating group) is 1. The number of carbonyl (C=O) groups excluding carboxylic acids is 1. The average Bonchev–Trinajstić information content (AvgIpc) is 3.28. The number of phosphoric ester groups is 1. The number of nitrogens with one attached hydrogen (secondary N) is 1. The molecule has 0 rings (SSSR count). The molecule has 0 aromatic rings. The van der Waals surface area contributed by atoms with Crippen molar-refractivity contribution >= 4 is 13.7 Å². The van der Waals surface area contributed by atoms with Gasteiger partial charge >= 0.3 is 7.82 Å². The van der Waals surface area contributed by atoms with Gasteiger partial charge in [0.2, 0.25) is 5.91 Å². The predicted octanol–water partition coefficient (Wildman–Crippen LogP) is 17.4. The van der Waals surface area contributed by atoms with Gasteiger partial charge in [-0.2, -0.15) is 0 Å². The lowest BCUT2D eigenvalue weighted by atomic mass is 10.0. The number of hydrogen-bond acceptors (Lipinski definition) is 5. The number of aliphatic hydroxyl groups is 1. The fraction of sp³-hybridized carbons (Fsp3) is 0.947. The number of quaternary nitrogens is 1. The van der Waals surface area contributed by atoms with Crippen LogP contribution in [0.3, 0.4) is 0 Å². The fourth-order valence-corrected chi connectivity index (χ4v) is 9.66. The molecule has 3 unspecified atom stereocenters. The first-order valence-electron chi connectivity index (χ1n) is 29.1. The Morgan fingerprint density at radius 2 is 0.818 bits per heavy atom. The van der Waals surface area contributed by atoms with Crippen LogP contribution in [0.2, 0.25) is 0 Å². The van der Waals surface area contributed by atoms with Gasteiger partial charge < -0.3 is 19.8 Å². The molecule has 9 heteroatoms. The van der Waals surface area contributed by atoms with Crippen molar-refractivity contribution in [2.75, 3.05) is 40.9 Å². The minimum absolute atomic E-state index is 0.0768. The summed E-state index contributed by atoms with van der Waals surface area (Å²) in [6.45, 7) is 4.94. The summed E-state index contributed by atoms with van der Waals surface area (Å²) in [7, 11) is 1.63. The van der Waals surface area contributed by atoms with E-state index in [0.717, 1.165) is 38.5 Å². The number of nitrogens with zero attached hydrogens (tertiary/aromatic N) is 1. The summed E-state index contributed by atoms with van der Waals surface area (Å²) in [6, 6.07) is -0.759. The highest BCUT2D eigenvalue weighted by molar-refractivity contribution is 7.47. The minimum atomic E-state index is -4.32. The quantitative estimate of drug-likeness (QED) is 0.0243. The highest BCUT2D eigenvalue weighted by Gasteiger charge is 2.28. The van der Waals surface area contributed by atoms with Crippen molar-refractivity contribution in [1.29, 1.82) is 0 Å². The zero-order valence-corrected chi connectivity index (χ0v) is 45.9. The van der Waals surface area contributed by atoms with Crippen LogP contribution in [0, 0.1) is 0 Å². The van der Waals surface area contributed by atoms with Crippen LogP contribution in [0.1, 0.15) is 296 Å². The van der Waals surface area contributed by atoms with E-state index in [1.54, 1.807) is 0 Å². The Kier molecular flexibility index (Phi) is 48.7. The number of rotatable bonds is 54. The number of hydrogen-bond donors (Lipinski definition) is 3. The molecule has 0 aromatic carbocycles. The highest BCUT2D eigenvalue weighted by Crippen LogP contribution is 2.43. The van der Waals surface area contributed by atoms with E-state index in [9.17, 15) is 19.4 Å². The molecule has 0 fully saturated rings. The van der Waals surface area contributed by atoms with E-state index < -0.39 is 20.0 Å². The Balaban J connectivity index is 4.14. The lowest BCUT2D eigenvalue weighted by molar-refractivity contribution is -0.870. The molecule has 0 saturated heterocycles. The van der Waals surface area contributed by atoms with E-state index in [1.807, 2.05) is 21.1 Å². The van der Waals surface area contributed by atoms with Crippen molar-refractivity contribution < 1.29 is 32.9 Å². The van der Waals surface area contributed by atoms with Crippen LogP contribution in [-0.2, 0) is 18.4 Å². The summed E-state index contributed by atoms with van der Waals surface area (Å²) in [5.74, 6) is -0.141. The third-order valence-corrected chi connectivity index (χ3v) is 14.5. The Bertz CT molecular complexity index is 1080. The Morgan fingerprint density at radius 3 is 1.17 bits per heavy atom. The summed E-state index contributed by atoms with van der Waals surface area (Å²) < 4.78 is 23.8. The second kappa shape index (κ2) is 49.2. The predicted molar refractivity (Wildman–Crippen MR) is 286 cm³/mol. The van der Waals surface area contributed by atoms with Gasteiger partial charge in [0, 0.05) is 6.42 Å². The maximum absolute atomic E-state index is 13.0. The van der Waals surface area contributed by atoms with Gasteiger partial charge in [0.25, 0.3) is 0 Å². The number of amides is 1. The van der Waals surface area contributed by atoms with Crippen LogP contribution in [0.4, 0.5) is 0 Å². The standard InChI is InChI=1S/C57H115N2O6P/c1-6-8-10-12-14-16-18-20-22-24-26-27-28-29-30-31-33-35-37-39-41-43-45-47-49-51-57(61)58-55(54-65-66(62,63)64-53-52-59(3,4)5)56(60)50-48-46-44-42-40-38-36-34-32-25-23-21-19-17-15-13-11-9-7-2/h29-30,55-56,60H,6-28,31-54H2,1-5H3,(H-,58,61,62,63)/p+1/b30-29-. The molecule has 3 atom stereocenters. The van der Waals surface area contributed by atoms with E-state index in [1.165, 1.54) is 231 Å². The van der Waals surface area contributed by atoms with Crippen molar-refractivity contribution in [1.82, 2.24) is 5.32 Å². The maximum Gasteiger partial charge on any atom is 0.472 e. The average molecular weight is 957 g/mol. The molecule has 0 spiro atoms. The normalized spacial score (nSPS) is 14.0. The van der Waals surface area contributed by atoms with Gasteiger partial charge in [-0.15, -0.1) is 0 Å². The molecule has 394 valence electrons. The Morgan fingerprint density at radius 1 is 0.500 bits per heavy atom. The number of unbranched alkanes of at least 4 members (excludes halogenated alkanes) is 39. The molecule has 3 N–H and O–H groups in total. The van der Waals surface area contributed by atoms with Crippen LogP contribution >= 0.6 is 7.82 Å². The molecule has 0 aliphatic carbocycles. The number of aliphatic hydroxyl groups excluding tert-OH is 1. The molecule has 0 aliphatic rings. The van der Waals surface area contributed by atoms with Gasteiger partial charge in [0.15, 0.2) is 0 Å². The van der Waals surface area contributed by atoms with Crippen molar-refractivity contribution in [3.63, 3.8) is 0 Å². The first-order chi connectivity index (χ1) is 32.0. The second-order valence-corrected chi connectivity index (χ2v) is 22.8. The number of carbonyl (C=O) groups is 1. The SMILES string of the molecule is CCCCCCCCCCCCCC/C=C\CCCCCCCCCCCC(=O)NC(COP(=O)(O)OCC[N+](C)(C)C)C(O)CCCCCCCCCCCCCCCCCCCCC. The van der Waals surface area contributed by atoms with Crippen molar-refractivity contribution in [2.24, 2.45) is 0 Å². The number of phosphoric acid groups is 1. The third-order valence-electron chi connectivity index (χ3n) is 13.5. The summed E-state index contributed by atoms with van der Waals surface area (Å²) in [6.07, 6.45) is 59.8. The smallest absolute Gasteiger partial charge is 0.391 e. The molecular formula is C57H116N2O6P+. The van der Waals surface area contributed by atoms with Gasteiger partial charge in [-0.1, -0.05) is 264 Å². The van der Waals surface area contributed by atoms with Gasteiger partial charge in [-0.05, 0) is 38.5 Å². The molecule has 1 amide bonds. The number of allylic oxidation sites excluding steroid dienone is 2. The Hall–Kier alpha value is -0.760. The largest absolute Gasteiger partial charge is 0.472 e. The molecule has 0 saturated carbocycles. The second-order valence-electron chi connectivity index (χ2n) is 21.4. The molecule has 0 aliphatic heterocycles. The van der Waals surface area contributed by atoms with Crippen molar-refractivity contribution in [2.45, 2.75) is 309 Å². The summed E-state index contributed by atoms with van der Waals surface area (Å²) in [5.41, 5.74) is 0. The van der Waals surface area contributed by atoms with Gasteiger partial charge in [0.1, 0.15) is 13.2 Å². The van der Waals surface area contributed by atoms with Crippen molar-refractivity contribution in [3.8, 4) is 0 Å². The van der Waals surface area contributed by atoms with Gasteiger partial charge in [0.05, 0.1) is 39.9 Å². The summed E-state index contributed by atoms with van der Waals surface area (Å²) in [5, 5.41) is 14.1. The first kappa shape index (κ1) is 65.2. The lowest BCUT2D eigenvalue weighted by Gasteiger charge is -2.26. The monoisotopic (exact) mass is 956 g/mol. The van der Waals surface area contributed by atoms with E-state index in [2.05, 4.69) is 31.3 Å². The van der Waals surface area contributed by atoms with E-state index in [-0.39, 0.29) is 19.1 Å². The molecule has 66 heavy (non-hydrogen) atoms. The van der Waals surface area contributed by atoms with Crippen LogP contribution in [0.25, 0.3) is 0 Å². The van der Waals surface area contributed by atoms with Gasteiger partial charge in [-0.3, -0.25) is 13.8 Å². The molecule has 0 heterocycles. The molecule has 0 aromatic heterocycles. The molecular weight excluding hydrogens is 840 g/mol. The zero-order valence-electron chi connectivity index (χ0n) is 45.0. The zero-order chi connectivity index (χ0) is 48.5. The van der Waals surface area contributed by atoms with E-state index in [0.29, 0.717) is 23.9 Å². The van der Waals surface area contributed by atoms with Crippen LogP contribution in [-0.4, -0.2) is 73.4 Å². The van der Waals surface area contributed by atoms with Crippen LogP contribution in [0.5, 0.6) is 0 Å². The maximum atomic E-state index is 13.0. The topological polar surface area (TPSA) is 105 Å². The summed E-state index contributed by atoms with van der Waals surface area (Å²) >= 11 is 0. The van der Waals surface area contributed by atoms with Gasteiger partial charge in [-0.25, -0.2) is 4.57 Å². The fourth-order valence-electron chi connectivity index (χ4n) is 8.93. The molecule has 8 nitrogen and oxygen atoms in total. The van der Waals surface area contributed by atoms with E-state index >= 15 is 0 Å². The summed E-state index contributed by atoms with van der Waals surface area (Å²) in [4.78, 5) is 23.3. The lowest BCUT2D eigenvalue weighted by Crippen LogP contribution is -2.46. The first-order valence-corrected chi connectivity index (χ1v) is 30.5. The molecule has 0 radical (unpaired) electrons. The third kappa shape index (κ3) is 51.1. The van der Waals surface area contributed by atoms with Crippen molar-refractivity contribution in [3.05, 3.63) is 12.2 Å². The molecule has 0 bridgehead atoms. The minimum Gasteiger partial charge on any atom is -0.391 e. The van der Waals surface area contributed by atoms with Crippen LogP contribution in [0.15, 0.2) is 12.2 Å². The highest BCUT2D eigenvalue weighted by atomic mass is 31.2. The van der Waals surface area contributed by atoms with Crippen LogP contribution < -0.4 is 5.32 Å².